The van der Waals surface area contributed by atoms with E-state index in [1.54, 1.807) is 6.07 Å². The molecule has 1 aliphatic heterocycles. The summed E-state index contributed by atoms with van der Waals surface area (Å²) in [5, 5.41) is 1.64. The van der Waals surface area contributed by atoms with E-state index >= 15 is 0 Å². The van der Waals surface area contributed by atoms with Crippen LogP contribution in [0.1, 0.15) is 52.8 Å². The van der Waals surface area contributed by atoms with E-state index in [0.717, 1.165) is 26.5 Å². The van der Waals surface area contributed by atoms with Crippen LogP contribution in [0.4, 0.5) is 13.2 Å². The molecule has 0 saturated heterocycles. The molecule has 0 saturated carbocycles. The number of nitrogens with zero attached hydrogens (tertiary/aromatic N) is 2. The van der Waals surface area contributed by atoms with Crippen molar-refractivity contribution in [1.29, 1.82) is 0 Å². The van der Waals surface area contributed by atoms with Crippen LogP contribution in [0.5, 0.6) is 0 Å². The third-order valence-corrected chi connectivity index (χ3v) is 9.94. The monoisotopic (exact) mass is 986 g/mol. The number of benzene rings is 4. The van der Waals surface area contributed by atoms with E-state index in [-0.39, 0.29) is 44.1 Å². The van der Waals surface area contributed by atoms with Crippen LogP contribution in [-0.4, -0.2) is 12.4 Å². The van der Waals surface area contributed by atoms with Gasteiger partial charge in [0.15, 0.2) is 0 Å². The number of alkyl halides is 3. The number of halogens is 9. The Balaban J connectivity index is 0.000000387. The van der Waals surface area contributed by atoms with Crippen LogP contribution in [-0.2, 0) is 48.8 Å². The minimum absolute atomic E-state index is 0. The Morgan fingerprint density at radius 3 is 1.84 bits per heavy atom. The molecule has 0 N–H and O–H groups in total. The van der Waals surface area contributed by atoms with Gasteiger partial charge in [-0.15, -0.1) is 0 Å². The van der Waals surface area contributed by atoms with Crippen LogP contribution in [0.25, 0.3) is 10.4 Å². The third-order valence-electron chi connectivity index (χ3n) is 7.28. The van der Waals surface area contributed by atoms with Crippen molar-refractivity contribution in [1.82, 2.24) is 0 Å². The Labute approximate surface area is 346 Å². The van der Waals surface area contributed by atoms with Crippen LogP contribution >= 0.6 is 78.3 Å². The summed E-state index contributed by atoms with van der Waals surface area (Å²) in [5.41, 5.74) is 4.65. The molecule has 4 aromatic rings. The minimum atomic E-state index is -4.46. The summed E-state index contributed by atoms with van der Waals surface area (Å²) >= 11 is 33.3. The normalized spacial score (nSPS) is 15.9. The standard InChI is InChI=1S/C18H16BrCl2N.C9H8BrN.C9H5Cl2F3.2Cu.O/c1-11-5-12(3-4-16(11)19)17-9-18(2,10-22-17)13-6-14(20)8-15(21)7-13;1-7-5-8(6-11-2)3-4-9(7)10;1-5(9(12,13)14)6-2-7(10)4-8(11)3-6;;;/h3-8,10,17H,9H2,1-2H3;3-5H,6H2,1H3;2-4H,1H2;;;. The van der Waals surface area contributed by atoms with Crippen LogP contribution in [0.2, 0.25) is 20.1 Å². The van der Waals surface area contributed by atoms with Crippen LogP contribution in [0, 0.1) is 20.4 Å². The molecule has 3 nitrogen and oxygen atoms in total. The molecule has 0 amide bonds. The summed E-state index contributed by atoms with van der Waals surface area (Å²) in [6.07, 6.45) is -1.50. The fourth-order valence-corrected chi connectivity index (χ4v) is 6.25. The average Bonchev–Trinajstić information content (AvgIpc) is 3.44. The zero-order valence-corrected chi connectivity index (χ0v) is 34.6. The van der Waals surface area contributed by atoms with Crippen molar-refractivity contribution in [3.8, 4) is 0 Å². The summed E-state index contributed by atoms with van der Waals surface area (Å²) in [6.45, 7) is 16.4. The second kappa shape index (κ2) is 21.3. The van der Waals surface area contributed by atoms with Crippen LogP contribution in [0.3, 0.4) is 0 Å². The first-order valence-corrected chi connectivity index (χ1v) is 17.6. The van der Waals surface area contributed by atoms with Crippen molar-refractivity contribution < 1.29 is 50.0 Å². The zero-order valence-electron chi connectivity index (χ0n) is 26.5. The summed E-state index contributed by atoms with van der Waals surface area (Å²) in [6, 6.07) is 22.0. The van der Waals surface area contributed by atoms with Crippen molar-refractivity contribution in [2.75, 3.05) is 0 Å². The number of rotatable bonds is 4. The van der Waals surface area contributed by atoms with E-state index in [2.05, 4.69) is 91.3 Å². The molecule has 50 heavy (non-hydrogen) atoms. The molecule has 0 bridgehead atoms. The Kier molecular flexibility index (Phi) is 19.8. The molecule has 1 radical (unpaired) electrons. The molecule has 274 valence electrons. The fourth-order valence-electron chi connectivity index (χ4n) is 4.70. The Hall–Kier alpha value is -1.47. The molecule has 0 spiro atoms. The Morgan fingerprint density at radius 1 is 0.900 bits per heavy atom. The second-order valence-electron chi connectivity index (χ2n) is 11.1. The van der Waals surface area contributed by atoms with E-state index in [1.165, 1.54) is 34.9 Å². The van der Waals surface area contributed by atoms with Crippen molar-refractivity contribution in [2.45, 2.75) is 51.4 Å². The first-order chi connectivity index (χ1) is 22.9. The molecule has 5 rings (SSSR count). The van der Waals surface area contributed by atoms with Gasteiger partial charge in [-0.05, 0) is 103 Å². The van der Waals surface area contributed by atoms with Gasteiger partial charge in [-0.1, -0.05) is 110 Å². The molecule has 1 heterocycles. The number of aliphatic imine (C=N–C) groups is 1. The number of allylic oxidation sites excluding steroid dienone is 1. The number of hydrogen-bond acceptors (Lipinski definition) is 2. The second-order valence-corrected chi connectivity index (χ2v) is 14.6. The van der Waals surface area contributed by atoms with Gasteiger partial charge in [0.05, 0.1) is 11.6 Å². The molecule has 2 atom stereocenters. The summed E-state index contributed by atoms with van der Waals surface area (Å²) in [7, 11) is 0. The summed E-state index contributed by atoms with van der Waals surface area (Å²) < 4.78 is 46.7. The number of aryl methyl sites for hydroxylation is 2. The van der Waals surface area contributed by atoms with Crippen molar-refractivity contribution >= 4 is 90.1 Å². The summed E-state index contributed by atoms with van der Waals surface area (Å²) in [4.78, 5) is 8.05. The molecular formula is C36H29Br2Cl4Cu2F3N2O. The molecule has 2 unspecified atom stereocenters. The van der Waals surface area contributed by atoms with Gasteiger partial charge in [-0.2, -0.15) is 13.2 Å². The maximum absolute atomic E-state index is 12.2. The van der Waals surface area contributed by atoms with E-state index in [0.29, 0.717) is 16.6 Å². The van der Waals surface area contributed by atoms with Gasteiger partial charge in [-0.3, -0.25) is 4.99 Å². The summed E-state index contributed by atoms with van der Waals surface area (Å²) in [5.74, 6) is 0. The van der Waals surface area contributed by atoms with Crippen LogP contribution in [0.15, 0.2) is 93.3 Å². The topological polar surface area (TPSA) is 33.8 Å². The molecule has 14 heteroatoms. The van der Waals surface area contributed by atoms with Gasteiger partial charge < -0.3 is 4.85 Å². The number of hydrogen-bond donors (Lipinski definition) is 0. The van der Waals surface area contributed by atoms with Gasteiger partial charge >= 0.3 is 26.0 Å². The Bertz CT molecular complexity index is 1830. The zero-order chi connectivity index (χ0) is 37.1. The molecular weight excluding hydrogens is 962 g/mol. The Morgan fingerprint density at radius 2 is 1.38 bits per heavy atom. The first kappa shape index (κ1) is 46.5. The van der Waals surface area contributed by atoms with Gasteiger partial charge in [-0.25, -0.2) is 6.57 Å². The van der Waals surface area contributed by atoms with E-state index in [4.69, 9.17) is 61.8 Å². The molecule has 1 aliphatic rings. The molecule has 0 aromatic heterocycles. The van der Waals surface area contributed by atoms with Crippen molar-refractivity contribution in [2.24, 2.45) is 4.99 Å². The average molecular weight is 991 g/mol. The first-order valence-electron chi connectivity index (χ1n) is 14.1. The predicted molar refractivity (Wildman–Crippen MR) is 200 cm³/mol. The third kappa shape index (κ3) is 14.2. The van der Waals surface area contributed by atoms with Crippen LogP contribution < -0.4 is 0 Å². The molecule has 4 aromatic carbocycles. The SMILES string of the molecule is C=C(c1cc(Cl)cc(Cl)c1)C(F)(F)F.Cc1cc(C2CC(C)(c3cc(Cl)cc(Cl)c3)C=N2)ccc1Br.[C-]#[N+]Cc1ccc(Br)c(C)c1.[Cu].[O]=[Cu]. The molecule has 0 fully saturated rings. The van der Waals surface area contributed by atoms with Gasteiger partial charge in [0.2, 0.25) is 6.54 Å². The molecule has 0 aliphatic carbocycles. The van der Waals surface area contributed by atoms with E-state index in [1.807, 2.05) is 43.5 Å². The van der Waals surface area contributed by atoms with E-state index < -0.39 is 11.7 Å². The maximum atomic E-state index is 12.2. The quantitative estimate of drug-likeness (QED) is 0.148. The van der Waals surface area contributed by atoms with E-state index in [9.17, 15) is 13.2 Å². The van der Waals surface area contributed by atoms with Gasteiger partial charge in [0.1, 0.15) is 0 Å². The fraction of sp³-hybridized carbons (Fsp3) is 0.222. The van der Waals surface area contributed by atoms with Gasteiger partial charge in [0, 0.05) is 63.3 Å². The van der Waals surface area contributed by atoms with Gasteiger partial charge in [0.25, 0.3) is 0 Å². The predicted octanol–water partition coefficient (Wildman–Crippen LogP) is 14.2. The van der Waals surface area contributed by atoms with Crippen molar-refractivity contribution in [3.05, 3.63) is 153 Å². The van der Waals surface area contributed by atoms with Crippen molar-refractivity contribution in [3.63, 3.8) is 0 Å².